The summed E-state index contributed by atoms with van der Waals surface area (Å²) in [6.45, 7) is -1.80. The Hall–Kier alpha value is -1.41. The van der Waals surface area contributed by atoms with Crippen molar-refractivity contribution in [3.8, 4) is 0 Å². The molecule has 1 N–H and O–H groups in total. The average molecular weight is 301 g/mol. The van der Waals surface area contributed by atoms with Gasteiger partial charge in [0.25, 0.3) is 5.91 Å². The summed E-state index contributed by atoms with van der Waals surface area (Å²) < 4.78 is 52.2. The van der Waals surface area contributed by atoms with Gasteiger partial charge in [-0.1, -0.05) is 11.6 Å². The predicted molar refractivity (Wildman–Crippen MR) is 58.4 cm³/mol. The summed E-state index contributed by atoms with van der Waals surface area (Å²) in [7, 11) is 0. The van der Waals surface area contributed by atoms with E-state index in [-0.39, 0.29) is 23.7 Å². The van der Waals surface area contributed by atoms with Gasteiger partial charge in [0.05, 0.1) is 17.2 Å². The first-order chi connectivity index (χ1) is 8.79. The summed E-state index contributed by atoms with van der Waals surface area (Å²) in [6.07, 6.45) is -3.44. The molecule has 4 nitrogen and oxygen atoms in total. The van der Waals surface area contributed by atoms with Crippen LogP contribution in [0.1, 0.15) is 10.4 Å². The molecule has 0 aromatic carbocycles. The molecule has 106 valence electrons. The van der Waals surface area contributed by atoms with Crippen LogP contribution in [0.2, 0.25) is 5.02 Å². The predicted octanol–water partition coefficient (Wildman–Crippen LogP) is 2.18. The number of hydrogen-bond donors (Lipinski definition) is 1. The van der Waals surface area contributed by atoms with Crippen molar-refractivity contribution < 1.29 is 27.1 Å². The number of carbonyl (C=O) groups is 1. The fraction of sp³-hybridized carbons (Fsp3) is 0.400. The van der Waals surface area contributed by atoms with Gasteiger partial charge < -0.3 is 10.1 Å². The van der Waals surface area contributed by atoms with Crippen LogP contribution in [-0.2, 0) is 4.74 Å². The van der Waals surface area contributed by atoms with Crippen molar-refractivity contribution >= 4 is 17.5 Å². The van der Waals surface area contributed by atoms with Gasteiger partial charge in [-0.15, -0.1) is 0 Å². The lowest BCUT2D eigenvalue weighted by Gasteiger charge is -2.08. The second-order valence-electron chi connectivity index (χ2n) is 3.42. The standard InChI is InChI=1S/C10H9ClF4N2O2/c11-7-3-6(4-17-8(7)12)9(18)16-1-2-19-5-10(13,14)15/h3-4H,1-2,5H2,(H,16,18). The highest BCUT2D eigenvalue weighted by Gasteiger charge is 2.27. The molecule has 0 atom stereocenters. The largest absolute Gasteiger partial charge is 0.411 e. The molecule has 0 saturated heterocycles. The van der Waals surface area contributed by atoms with Crippen molar-refractivity contribution in [1.29, 1.82) is 0 Å². The zero-order chi connectivity index (χ0) is 14.5. The third-order valence-corrected chi connectivity index (χ3v) is 2.12. The minimum absolute atomic E-state index is 0.00206. The quantitative estimate of drug-likeness (QED) is 0.515. The van der Waals surface area contributed by atoms with E-state index in [1.165, 1.54) is 0 Å². The molecule has 0 saturated carbocycles. The van der Waals surface area contributed by atoms with Crippen LogP contribution in [0.15, 0.2) is 12.3 Å². The number of alkyl halides is 3. The lowest BCUT2D eigenvalue weighted by atomic mass is 10.2. The molecule has 19 heavy (non-hydrogen) atoms. The maximum Gasteiger partial charge on any atom is 0.411 e. The number of halogens is 5. The van der Waals surface area contributed by atoms with Crippen LogP contribution in [0.5, 0.6) is 0 Å². The highest BCUT2D eigenvalue weighted by Crippen LogP contribution is 2.14. The maximum atomic E-state index is 12.7. The van der Waals surface area contributed by atoms with Crippen LogP contribution in [0, 0.1) is 5.95 Å². The SMILES string of the molecule is O=C(NCCOCC(F)(F)F)c1cnc(F)c(Cl)c1. The monoisotopic (exact) mass is 300 g/mol. The summed E-state index contributed by atoms with van der Waals surface area (Å²) in [5.41, 5.74) is 0.00206. The molecule has 0 radical (unpaired) electrons. The second-order valence-corrected chi connectivity index (χ2v) is 3.83. The molecule has 0 bridgehead atoms. The van der Waals surface area contributed by atoms with E-state index in [2.05, 4.69) is 15.0 Å². The first-order valence-corrected chi connectivity index (χ1v) is 5.41. The van der Waals surface area contributed by atoms with Crippen LogP contribution in [0.25, 0.3) is 0 Å². The molecule has 0 aliphatic carbocycles. The Morgan fingerprint density at radius 1 is 1.47 bits per heavy atom. The Morgan fingerprint density at radius 3 is 2.74 bits per heavy atom. The molecule has 1 heterocycles. The topological polar surface area (TPSA) is 51.2 Å². The highest BCUT2D eigenvalue weighted by molar-refractivity contribution is 6.30. The van der Waals surface area contributed by atoms with E-state index in [0.717, 1.165) is 12.3 Å². The maximum absolute atomic E-state index is 12.7. The number of amides is 1. The van der Waals surface area contributed by atoms with Crippen molar-refractivity contribution in [2.24, 2.45) is 0 Å². The van der Waals surface area contributed by atoms with E-state index in [0.29, 0.717) is 0 Å². The van der Waals surface area contributed by atoms with Gasteiger partial charge in [0.2, 0.25) is 5.95 Å². The van der Waals surface area contributed by atoms with Gasteiger partial charge in [-0.05, 0) is 6.07 Å². The molecule has 0 aliphatic heterocycles. The molecule has 0 fully saturated rings. The van der Waals surface area contributed by atoms with Crippen molar-refractivity contribution in [2.45, 2.75) is 6.18 Å². The zero-order valence-corrected chi connectivity index (χ0v) is 10.2. The van der Waals surface area contributed by atoms with E-state index < -0.39 is 24.6 Å². The zero-order valence-electron chi connectivity index (χ0n) is 9.43. The second kappa shape index (κ2) is 6.67. The number of nitrogens with one attached hydrogen (secondary N) is 1. The van der Waals surface area contributed by atoms with Crippen molar-refractivity contribution in [3.63, 3.8) is 0 Å². The summed E-state index contributed by atoms with van der Waals surface area (Å²) in [5, 5.41) is 1.96. The third kappa shape index (κ3) is 5.84. The molecule has 1 aromatic rings. The first kappa shape index (κ1) is 15.6. The minimum Gasteiger partial charge on any atom is -0.370 e. The Kier molecular flexibility index (Phi) is 5.49. The van der Waals surface area contributed by atoms with Crippen molar-refractivity contribution in [3.05, 3.63) is 28.8 Å². The smallest absolute Gasteiger partial charge is 0.370 e. The number of aromatic nitrogens is 1. The normalized spacial score (nSPS) is 11.4. The van der Waals surface area contributed by atoms with Crippen LogP contribution in [-0.4, -0.2) is 36.8 Å². The summed E-state index contributed by atoms with van der Waals surface area (Å²) >= 11 is 5.42. The third-order valence-electron chi connectivity index (χ3n) is 1.86. The fourth-order valence-corrected chi connectivity index (χ4v) is 1.24. The number of nitrogens with zero attached hydrogens (tertiary/aromatic N) is 1. The van der Waals surface area contributed by atoms with Crippen LogP contribution in [0.4, 0.5) is 17.6 Å². The highest BCUT2D eigenvalue weighted by atomic mass is 35.5. The molecule has 1 aromatic heterocycles. The van der Waals surface area contributed by atoms with Crippen LogP contribution >= 0.6 is 11.6 Å². The van der Waals surface area contributed by atoms with E-state index in [4.69, 9.17) is 11.6 Å². The van der Waals surface area contributed by atoms with Gasteiger partial charge in [0, 0.05) is 12.7 Å². The Labute approximate surface area is 110 Å². The fourth-order valence-electron chi connectivity index (χ4n) is 1.07. The average Bonchev–Trinajstić information content (AvgIpc) is 2.30. The first-order valence-electron chi connectivity index (χ1n) is 5.03. The van der Waals surface area contributed by atoms with Gasteiger partial charge in [-0.3, -0.25) is 4.79 Å². The summed E-state index contributed by atoms with van der Waals surface area (Å²) in [5.74, 6) is -1.54. The van der Waals surface area contributed by atoms with Gasteiger partial charge >= 0.3 is 6.18 Å². The van der Waals surface area contributed by atoms with Crippen molar-refractivity contribution in [1.82, 2.24) is 10.3 Å². The van der Waals surface area contributed by atoms with E-state index in [9.17, 15) is 22.4 Å². The molecular formula is C10H9ClF4N2O2. The summed E-state index contributed by atoms with van der Waals surface area (Å²) in [6, 6.07) is 1.07. The number of carbonyl (C=O) groups excluding carboxylic acids is 1. The van der Waals surface area contributed by atoms with Gasteiger partial charge in [0.1, 0.15) is 6.61 Å². The number of pyridine rings is 1. The molecule has 9 heteroatoms. The van der Waals surface area contributed by atoms with E-state index >= 15 is 0 Å². The Balaban J connectivity index is 2.33. The van der Waals surface area contributed by atoms with Gasteiger partial charge in [-0.2, -0.15) is 17.6 Å². The van der Waals surface area contributed by atoms with E-state index in [1.54, 1.807) is 0 Å². The molecule has 0 aliphatic rings. The lowest BCUT2D eigenvalue weighted by Crippen LogP contribution is -2.29. The Bertz CT molecular complexity index is 454. The van der Waals surface area contributed by atoms with E-state index in [1.807, 2.05) is 0 Å². The number of rotatable bonds is 5. The van der Waals surface area contributed by atoms with Gasteiger partial charge in [0.15, 0.2) is 0 Å². The molecule has 0 spiro atoms. The molecule has 0 unspecified atom stereocenters. The molecule has 1 rings (SSSR count). The Morgan fingerprint density at radius 2 is 2.16 bits per heavy atom. The molecule has 1 amide bonds. The van der Waals surface area contributed by atoms with Gasteiger partial charge in [-0.25, -0.2) is 4.98 Å². The summed E-state index contributed by atoms with van der Waals surface area (Å²) in [4.78, 5) is 14.7. The number of ether oxygens (including phenoxy) is 1. The lowest BCUT2D eigenvalue weighted by molar-refractivity contribution is -0.173. The molecular weight excluding hydrogens is 292 g/mol. The number of hydrogen-bond acceptors (Lipinski definition) is 3. The van der Waals surface area contributed by atoms with Crippen LogP contribution < -0.4 is 5.32 Å². The van der Waals surface area contributed by atoms with Crippen molar-refractivity contribution in [2.75, 3.05) is 19.8 Å². The minimum atomic E-state index is -4.40. The van der Waals surface area contributed by atoms with Crippen LogP contribution in [0.3, 0.4) is 0 Å².